The molecule has 0 saturated carbocycles. The highest BCUT2D eigenvalue weighted by Crippen LogP contribution is 2.32. The van der Waals surface area contributed by atoms with Gasteiger partial charge in [-0.1, -0.05) is 13.8 Å². The summed E-state index contributed by atoms with van der Waals surface area (Å²) in [6.07, 6.45) is 1.53. The second kappa shape index (κ2) is 5.33. The van der Waals surface area contributed by atoms with Crippen LogP contribution in [0.15, 0.2) is 34.1 Å². The first-order valence-corrected chi connectivity index (χ1v) is 9.40. The summed E-state index contributed by atoms with van der Waals surface area (Å²) in [5, 5.41) is 0. The average molecular weight is 335 g/mol. The Morgan fingerprint density at radius 3 is 1.81 bits per heavy atom. The maximum Gasteiger partial charge on any atom is 0.332 e. The summed E-state index contributed by atoms with van der Waals surface area (Å²) in [5.74, 6) is 0. The van der Waals surface area contributed by atoms with Crippen LogP contribution in [-0.4, -0.2) is 34.2 Å². The van der Waals surface area contributed by atoms with Gasteiger partial charge in [-0.15, -0.1) is 3.89 Å². The van der Waals surface area contributed by atoms with Crippen molar-refractivity contribution in [3.63, 3.8) is 0 Å². The van der Waals surface area contributed by atoms with Gasteiger partial charge in [0, 0.05) is 13.1 Å². The molecule has 0 spiro atoms. The lowest BCUT2D eigenvalue weighted by molar-refractivity contribution is 0.196. The first-order chi connectivity index (χ1) is 9.52. The summed E-state index contributed by atoms with van der Waals surface area (Å²) >= 11 is 0. The highest BCUT2D eigenvalue weighted by atomic mass is 32.3. The summed E-state index contributed by atoms with van der Waals surface area (Å²) in [4.78, 5) is -0.559. The molecule has 0 aromatic heterocycles. The zero-order valence-electron chi connectivity index (χ0n) is 11.9. The van der Waals surface area contributed by atoms with Gasteiger partial charge in [0.1, 0.15) is 0 Å². The molecule has 1 aromatic rings. The Hall–Kier alpha value is -0.990. The number of benzene rings is 1. The summed E-state index contributed by atoms with van der Waals surface area (Å²) in [5.41, 5.74) is 0.123. The molecule has 0 unspecified atom stereocenters. The molecule has 1 heterocycles. The third-order valence-electron chi connectivity index (χ3n) is 3.82. The number of hydrogen-bond donors (Lipinski definition) is 0. The van der Waals surface area contributed by atoms with Crippen molar-refractivity contribution in [2.75, 3.05) is 13.1 Å². The van der Waals surface area contributed by atoms with Gasteiger partial charge in [-0.3, -0.25) is 0 Å². The van der Waals surface area contributed by atoms with Gasteiger partial charge in [0.05, 0.1) is 9.79 Å². The van der Waals surface area contributed by atoms with Crippen molar-refractivity contribution in [3.8, 4) is 0 Å². The predicted octanol–water partition coefficient (Wildman–Crippen LogP) is 2.16. The van der Waals surface area contributed by atoms with E-state index in [2.05, 4.69) is 13.8 Å². The quantitative estimate of drug-likeness (QED) is 0.794. The minimum atomic E-state index is -4.81. The van der Waals surface area contributed by atoms with E-state index in [1.165, 1.54) is 4.31 Å². The summed E-state index contributed by atoms with van der Waals surface area (Å²) < 4.78 is 60.6. The Labute approximate surface area is 125 Å². The van der Waals surface area contributed by atoms with E-state index in [4.69, 9.17) is 0 Å². The molecule has 8 heteroatoms. The summed E-state index contributed by atoms with van der Waals surface area (Å²) in [6, 6.07) is 4.19. The van der Waals surface area contributed by atoms with E-state index in [9.17, 15) is 20.7 Å². The van der Waals surface area contributed by atoms with E-state index < -0.39 is 25.1 Å². The van der Waals surface area contributed by atoms with Crippen molar-refractivity contribution < 1.29 is 20.7 Å². The lowest BCUT2D eigenvalue weighted by Gasteiger charge is -2.36. The van der Waals surface area contributed by atoms with E-state index in [0.717, 1.165) is 37.1 Å². The van der Waals surface area contributed by atoms with Crippen molar-refractivity contribution >= 4 is 20.2 Å². The van der Waals surface area contributed by atoms with Crippen LogP contribution >= 0.6 is 0 Å². The molecule has 0 N–H and O–H groups in total. The largest absolute Gasteiger partial charge is 0.332 e. The molecule has 2 rings (SSSR count). The molecular formula is C13H18FNO4S2. The van der Waals surface area contributed by atoms with Crippen LogP contribution in [-0.2, 0) is 20.2 Å². The van der Waals surface area contributed by atoms with Crippen LogP contribution < -0.4 is 0 Å². The lowest BCUT2D eigenvalue weighted by atomic mass is 9.83. The Balaban J connectivity index is 2.25. The molecule has 1 fully saturated rings. The normalized spacial score (nSPS) is 20.3. The lowest BCUT2D eigenvalue weighted by Crippen LogP contribution is -2.41. The molecule has 5 nitrogen and oxygen atoms in total. The van der Waals surface area contributed by atoms with Gasteiger partial charge in [0.15, 0.2) is 0 Å². The third kappa shape index (κ3) is 3.61. The topological polar surface area (TPSA) is 71.5 Å². The Morgan fingerprint density at radius 1 is 0.952 bits per heavy atom. The maximum atomic E-state index is 12.8. The van der Waals surface area contributed by atoms with Gasteiger partial charge in [-0.05, 0) is 42.5 Å². The molecule has 0 bridgehead atoms. The molecule has 1 aliphatic heterocycles. The zero-order chi connectivity index (χ0) is 15.9. The van der Waals surface area contributed by atoms with Gasteiger partial charge < -0.3 is 0 Å². The van der Waals surface area contributed by atoms with Crippen molar-refractivity contribution in [2.45, 2.75) is 36.5 Å². The number of piperidine rings is 1. The van der Waals surface area contributed by atoms with Gasteiger partial charge in [-0.2, -0.15) is 12.7 Å². The van der Waals surface area contributed by atoms with Crippen molar-refractivity contribution in [1.82, 2.24) is 4.31 Å². The Kier molecular flexibility index (Phi) is 4.16. The minimum absolute atomic E-state index is 0.0189. The second-order valence-corrected chi connectivity index (χ2v) is 9.26. The highest BCUT2D eigenvalue weighted by Gasteiger charge is 2.32. The van der Waals surface area contributed by atoms with Crippen LogP contribution in [0, 0.1) is 5.41 Å². The number of rotatable bonds is 3. The van der Waals surface area contributed by atoms with Gasteiger partial charge >= 0.3 is 10.2 Å². The van der Waals surface area contributed by atoms with Crippen LogP contribution in [0.2, 0.25) is 0 Å². The molecule has 21 heavy (non-hydrogen) atoms. The first kappa shape index (κ1) is 16.4. The first-order valence-electron chi connectivity index (χ1n) is 6.57. The molecule has 0 atom stereocenters. The molecule has 0 aliphatic carbocycles. The zero-order valence-corrected chi connectivity index (χ0v) is 13.5. The Bertz CT molecular complexity index is 714. The summed E-state index contributed by atoms with van der Waals surface area (Å²) in [6.45, 7) is 5.05. The van der Waals surface area contributed by atoms with E-state index in [-0.39, 0.29) is 10.3 Å². The third-order valence-corrected chi connectivity index (χ3v) is 6.57. The molecule has 1 aromatic carbocycles. The fourth-order valence-corrected chi connectivity index (χ4v) is 4.16. The molecule has 0 radical (unpaired) electrons. The predicted molar refractivity (Wildman–Crippen MR) is 76.5 cm³/mol. The van der Waals surface area contributed by atoms with Crippen molar-refractivity contribution in [3.05, 3.63) is 24.3 Å². The van der Waals surface area contributed by atoms with Gasteiger partial charge in [-0.25, -0.2) is 8.42 Å². The van der Waals surface area contributed by atoms with Crippen LogP contribution in [0.4, 0.5) is 3.89 Å². The monoisotopic (exact) mass is 335 g/mol. The van der Waals surface area contributed by atoms with Crippen LogP contribution in [0.1, 0.15) is 26.7 Å². The van der Waals surface area contributed by atoms with E-state index in [1.807, 2.05) is 0 Å². The smallest absolute Gasteiger partial charge is 0.207 e. The Morgan fingerprint density at radius 2 is 1.38 bits per heavy atom. The minimum Gasteiger partial charge on any atom is -0.207 e. The molecular weight excluding hydrogens is 317 g/mol. The van der Waals surface area contributed by atoms with Gasteiger partial charge in [0.25, 0.3) is 0 Å². The standard InChI is InChI=1S/C13H18FNO4S2/c1-13(2)7-9-15(10-8-13)21(18,19)12-5-3-11(4-6-12)20(14,16)17/h3-6H,7-10H2,1-2H3. The van der Waals surface area contributed by atoms with Gasteiger partial charge in [0.2, 0.25) is 10.0 Å². The van der Waals surface area contributed by atoms with Crippen molar-refractivity contribution in [2.24, 2.45) is 5.41 Å². The maximum absolute atomic E-state index is 12.8. The molecule has 1 saturated heterocycles. The highest BCUT2D eigenvalue weighted by molar-refractivity contribution is 7.89. The van der Waals surface area contributed by atoms with Crippen LogP contribution in [0.5, 0.6) is 0 Å². The SMILES string of the molecule is CC1(C)CCN(S(=O)(=O)c2ccc(S(=O)(=O)F)cc2)CC1. The van der Waals surface area contributed by atoms with Crippen LogP contribution in [0.3, 0.4) is 0 Å². The average Bonchev–Trinajstić information content (AvgIpc) is 2.37. The summed E-state index contributed by atoms with van der Waals surface area (Å²) in [7, 11) is -8.47. The van der Waals surface area contributed by atoms with E-state index in [1.54, 1.807) is 0 Å². The number of halogens is 1. The number of nitrogens with zero attached hydrogens (tertiary/aromatic N) is 1. The number of hydrogen-bond acceptors (Lipinski definition) is 4. The number of sulfonamides is 1. The van der Waals surface area contributed by atoms with Crippen molar-refractivity contribution in [1.29, 1.82) is 0 Å². The van der Waals surface area contributed by atoms with Crippen LogP contribution in [0.25, 0.3) is 0 Å². The fourth-order valence-electron chi connectivity index (χ4n) is 2.26. The molecule has 0 amide bonds. The second-order valence-electron chi connectivity index (χ2n) is 5.98. The molecule has 118 valence electrons. The van der Waals surface area contributed by atoms with E-state index in [0.29, 0.717) is 13.1 Å². The molecule has 1 aliphatic rings. The van der Waals surface area contributed by atoms with E-state index >= 15 is 0 Å². The fraction of sp³-hybridized carbons (Fsp3) is 0.538.